The summed E-state index contributed by atoms with van der Waals surface area (Å²) in [5, 5.41) is 5.97. The van der Waals surface area contributed by atoms with Gasteiger partial charge in [0.1, 0.15) is 6.04 Å². The fourth-order valence-electron chi connectivity index (χ4n) is 3.01. The Labute approximate surface area is 101 Å². The van der Waals surface area contributed by atoms with E-state index >= 15 is 0 Å². The molecule has 1 saturated carbocycles. The van der Waals surface area contributed by atoms with Crippen LogP contribution in [0.25, 0.3) is 0 Å². The summed E-state index contributed by atoms with van der Waals surface area (Å²) in [5.74, 6) is 0.607. The van der Waals surface area contributed by atoms with Gasteiger partial charge in [-0.1, -0.05) is 6.42 Å². The van der Waals surface area contributed by atoms with E-state index in [1.165, 1.54) is 20.0 Å². The molecule has 0 aromatic carbocycles. The quantitative estimate of drug-likeness (QED) is 0.684. The molecular formula is C12H20N2O3. The van der Waals surface area contributed by atoms with Gasteiger partial charge in [-0.15, -0.1) is 0 Å². The van der Waals surface area contributed by atoms with Gasteiger partial charge in [-0.25, -0.2) is 4.79 Å². The number of fused-ring (bicyclic) bond motifs is 1. The van der Waals surface area contributed by atoms with E-state index in [-0.39, 0.29) is 11.9 Å². The Morgan fingerprint density at radius 1 is 1.41 bits per heavy atom. The lowest BCUT2D eigenvalue weighted by atomic mass is 9.93. The Morgan fingerprint density at radius 2 is 2.18 bits per heavy atom. The molecule has 1 heterocycles. The number of nitrogens with one attached hydrogen (secondary N) is 2. The Morgan fingerprint density at radius 3 is 2.88 bits per heavy atom. The van der Waals surface area contributed by atoms with Gasteiger partial charge in [-0.05, 0) is 38.1 Å². The predicted molar refractivity (Wildman–Crippen MR) is 62.2 cm³/mol. The fraction of sp³-hybridized carbons (Fsp3) is 0.833. The third kappa shape index (κ3) is 2.44. The maximum Gasteiger partial charge on any atom is 0.328 e. The second kappa shape index (κ2) is 5.04. The molecule has 0 radical (unpaired) electrons. The van der Waals surface area contributed by atoms with E-state index in [0.717, 1.165) is 13.0 Å². The number of rotatable bonds is 3. The van der Waals surface area contributed by atoms with Gasteiger partial charge < -0.3 is 15.4 Å². The topological polar surface area (TPSA) is 67.4 Å². The maximum atomic E-state index is 12.0. The highest BCUT2D eigenvalue weighted by molar-refractivity contribution is 5.87. The summed E-state index contributed by atoms with van der Waals surface area (Å²) >= 11 is 0. The minimum atomic E-state index is -0.574. The number of esters is 1. The van der Waals surface area contributed by atoms with Crippen LogP contribution in [0.1, 0.15) is 26.2 Å². The summed E-state index contributed by atoms with van der Waals surface area (Å²) < 4.78 is 4.59. The van der Waals surface area contributed by atoms with Crippen molar-refractivity contribution in [3.8, 4) is 0 Å². The second-order valence-corrected chi connectivity index (χ2v) is 4.99. The van der Waals surface area contributed by atoms with Crippen molar-refractivity contribution >= 4 is 11.9 Å². The first-order valence-electron chi connectivity index (χ1n) is 6.25. The molecule has 2 rings (SSSR count). The molecule has 0 aromatic heterocycles. The molecule has 4 atom stereocenters. The average molecular weight is 240 g/mol. The number of hydrogen-bond donors (Lipinski definition) is 2. The van der Waals surface area contributed by atoms with Crippen LogP contribution in [0, 0.1) is 11.8 Å². The highest BCUT2D eigenvalue weighted by atomic mass is 16.5. The molecule has 0 spiro atoms. The van der Waals surface area contributed by atoms with Crippen molar-refractivity contribution in [1.82, 2.24) is 10.6 Å². The van der Waals surface area contributed by atoms with E-state index in [1.807, 2.05) is 0 Å². The van der Waals surface area contributed by atoms with Crippen LogP contribution in [-0.2, 0) is 14.3 Å². The van der Waals surface area contributed by atoms with Gasteiger partial charge >= 0.3 is 5.97 Å². The first-order valence-corrected chi connectivity index (χ1v) is 6.25. The molecule has 2 N–H and O–H groups in total. The van der Waals surface area contributed by atoms with Crippen LogP contribution < -0.4 is 10.6 Å². The molecular weight excluding hydrogens is 220 g/mol. The molecule has 1 saturated heterocycles. The van der Waals surface area contributed by atoms with E-state index in [1.54, 1.807) is 6.92 Å². The van der Waals surface area contributed by atoms with Gasteiger partial charge in [-0.2, -0.15) is 0 Å². The number of methoxy groups -OCH3 is 1. The molecule has 1 aliphatic carbocycles. The molecule has 1 aliphatic heterocycles. The Balaban J connectivity index is 1.90. The summed E-state index contributed by atoms with van der Waals surface area (Å²) in [7, 11) is 1.33. The van der Waals surface area contributed by atoms with Crippen molar-refractivity contribution < 1.29 is 14.3 Å². The van der Waals surface area contributed by atoms with E-state index in [4.69, 9.17) is 0 Å². The van der Waals surface area contributed by atoms with Crippen molar-refractivity contribution in [2.75, 3.05) is 13.7 Å². The van der Waals surface area contributed by atoms with Crippen LogP contribution in [0.3, 0.4) is 0 Å². The van der Waals surface area contributed by atoms with Gasteiger partial charge in [0, 0.05) is 0 Å². The van der Waals surface area contributed by atoms with Crippen LogP contribution >= 0.6 is 0 Å². The number of carbonyl (C=O) groups is 2. The van der Waals surface area contributed by atoms with Crippen LogP contribution in [-0.4, -0.2) is 37.6 Å². The van der Waals surface area contributed by atoms with E-state index in [0.29, 0.717) is 11.8 Å². The number of hydrogen-bond acceptors (Lipinski definition) is 4. The normalized spacial score (nSPS) is 32.9. The molecule has 0 aromatic rings. The largest absolute Gasteiger partial charge is 0.467 e. The SMILES string of the molecule is COC(=O)[C@H](C)NC(=O)C1NCC2CCCC21. The summed E-state index contributed by atoms with van der Waals surface area (Å²) in [6.45, 7) is 2.57. The van der Waals surface area contributed by atoms with Crippen molar-refractivity contribution in [3.05, 3.63) is 0 Å². The van der Waals surface area contributed by atoms with Crippen LogP contribution in [0.15, 0.2) is 0 Å². The van der Waals surface area contributed by atoms with Gasteiger partial charge in [0.15, 0.2) is 0 Å². The molecule has 2 aliphatic rings. The number of ether oxygens (including phenoxy) is 1. The lowest BCUT2D eigenvalue weighted by Crippen LogP contribution is -2.49. The van der Waals surface area contributed by atoms with E-state index in [2.05, 4.69) is 15.4 Å². The smallest absolute Gasteiger partial charge is 0.328 e. The van der Waals surface area contributed by atoms with Gasteiger partial charge in [0.05, 0.1) is 13.2 Å². The zero-order valence-electron chi connectivity index (χ0n) is 10.4. The summed E-state index contributed by atoms with van der Waals surface area (Å²) in [6.07, 6.45) is 3.55. The molecule has 2 fully saturated rings. The molecule has 96 valence electrons. The summed E-state index contributed by atoms with van der Waals surface area (Å²) in [5.41, 5.74) is 0. The first kappa shape index (κ1) is 12.4. The predicted octanol–water partition coefficient (Wildman–Crippen LogP) is 0.0522. The molecule has 17 heavy (non-hydrogen) atoms. The van der Waals surface area contributed by atoms with Crippen molar-refractivity contribution in [2.45, 2.75) is 38.3 Å². The Kier molecular flexibility index (Phi) is 3.66. The fourth-order valence-corrected chi connectivity index (χ4v) is 3.01. The summed E-state index contributed by atoms with van der Waals surface area (Å²) in [4.78, 5) is 23.3. The Bertz CT molecular complexity index is 319. The average Bonchev–Trinajstić information content (AvgIpc) is 2.88. The third-order valence-corrected chi connectivity index (χ3v) is 3.94. The minimum absolute atomic E-state index is 0.0719. The molecule has 3 unspecified atom stereocenters. The summed E-state index contributed by atoms with van der Waals surface area (Å²) in [6, 6.07) is -0.704. The molecule has 1 amide bonds. The minimum Gasteiger partial charge on any atom is -0.467 e. The third-order valence-electron chi connectivity index (χ3n) is 3.94. The second-order valence-electron chi connectivity index (χ2n) is 4.99. The molecule has 5 heteroatoms. The Hall–Kier alpha value is -1.10. The van der Waals surface area contributed by atoms with E-state index in [9.17, 15) is 9.59 Å². The first-order chi connectivity index (χ1) is 8.13. The zero-order chi connectivity index (χ0) is 12.4. The lowest BCUT2D eigenvalue weighted by molar-refractivity contribution is -0.144. The number of amides is 1. The van der Waals surface area contributed by atoms with Crippen LogP contribution in [0.2, 0.25) is 0 Å². The standard InChI is InChI=1S/C12H20N2O3/c1-7(12(16)17-2)14-11(15)10-9-5-3-4-8(9)6-13-10/h7-10,13H,3-6H2,1-2H3,(H,14,15)/t7-,8?,9?,10?/m0/s1. The maximum absolute atomic E-state index is 12.0. The highest BCUT2D eigenvalue weighted by Gasteiger charge is 2.42. The lowest BCUT2D eigenvalue weighted by Gasteiger charge is -2.19. The van der Waals surface area contributed by atoms with Gasteiger partial charge in [0.25, 0.3) is 0 Å². The highest BCUT2D eigenvalue weighted by Crippen LogP contribution is 2.37. The van der Waals surface area contributed by atoms with Crippen molar-refractivity contribution in [1.29, 1.82) is 0 Å². The molecule has 0 bridgehead atoms. The van der Waals surface area contributed by atoms with Crippen LogP contribution in [0.5, 0.6) is 0 Å². The van der Waals surface area contributed by atoms with Gasteiger partial charge in [0.2, 0.25) is 5.91 Å². The van der Waals surface area contributed by atoms with E-state index < -0.39 is 12.0 Å². The monoisotopic (exact) mass is 240 g/mol. The van der Waals surface area contributed by atoms with Crippen LogP contribution in [0.4, 0.5) is 0 Å². The van der Waals surface area contributed by atoms with Crippen molar-refractivity contribution in [2.24, 2.45) is 11.8 Å². The molecule has 5 nitrogen and oxygen atoms in total. The zero-order valence-corrected chi connectivity index (χ0v) is 10.4. The number of carbonyl (C=O) groups excluding carboxylic acids is 2. The van der Waals surface area contributed by atoms with Crippen molar-refractivity contribution in [3.63, 3.8) is 0 Å². The van der Waals surface area contributed by atoms with Gasteiger partial charge in [-0.3, -0.25) is 4.79 Å².